The van der Waals surface area contributed by atoms with Gasteiger partial charge >= 0.3 is 5.97 Å². The van der Waals surface area contributed by atoms with E-state index in [9.17, 15) is 9.90 Å². The first kappa shape index (κ1) is 52.6. The van der Waals surface area contributed by atoms with Gasteiger partial charge in [0.1, 0.15) is 0 Å². The first-order valence-electron chi connectivity index (χ1n) is 23.0. The predicted octanol–water partition coefficient (Wildman–Crippen LogP) is 13.2. The maximum Gasteiger partial charge on any atom is 0.305 e. The molecular formula is C45H93NO6S. The Hall–Kier alpha value is -0.380. The predicted molar refractivity (Wildman–Crippen MR) is 231 cm³/mol. The molecule has 0 spiro atoms. The molecule has 1 unspecified atom stereocenters. The largest absolute Gasteiger partial charge is 0.466 e. The summed E-state index contributed by atoms with van der Waals surface area (Å²) >= 11 is 0. The molecule has 7 nitrogen and oxygen atoms in total. The van der Waals surface area contributed by atoms with Crippen molar-refractivity contribution in [3.8, 4) is 0 Å². The van der Waals surface area contributed by atoms with E-state index in [1.165, 1.54) is 122 Å². The lowest BCUT2D eigenvalue weighted by Crippen LogP contribution is -2.27. The van der Waals surface area contributed by atoms with Crippen LogP contribution in [-0.4, -0.2) is 80.8 Å². The van der Waals surface area contributed by atoms with Crippen LogP contribution < -0.4 is 0 Å². The molecule has 0 rings (SSSR count). The summed E-state index contributed by atoms with van der Waals surface area (Å²) in [4.78, 5) is 14.7. The number of rotatable bonds is 44. The average Bonchev–Trinajstić information content (AvgIpc) is 3.14. The highest BCUT2D eigenvalue weighted by Gasteiger charge is 2.18. The number of esters is 1. The van der Waals surface area contributed by atoms with Crippen molar-refractivity contribution in [1.29, 1.82) is 0 Å². The van der Waals surface area contributed by atoms with E-state index in [0.717, 1.165) is 103 Å². The molecule has 0 aromatic carbocycles. The highest BCUT2D eigenvalue weighted by atomic mass is 32.3. The molecule has 0 saturated heterocycles. The second kappa shape index (κ2) is 41.3. The van der Waals surface area contributed by atoms with Gasteiger partial charge in [0.2, 0.25) is 0 Å². The number of hydrogen-bond acceptors (Lipinski definition) is 7. The number of unbranched alkanes of at least 4 members (excludes halogenated alkanes) is 23. The van der Waals surface area contributed by atoms with E-state index in [1.54, 1.807) is 0 Å². The van der Waals surface area contributed by atoms with Crippen LogP contribution >= 0.6 is 10.6 Å². The van der Waals surface area contributed by atoms with Gasteiger partial charge in [-0.15, -0.1) is 0 Å². The fourth-order valence-corrected chi connectivity index (χ4v) is 7.99. The zero-order valence-corrected chi connectivity index (χ0v) is 37.1. The maximum absolute atomic E-state index is 12.2. The molecule has 8 heteroatoms. The number of aliphatic hydroxyl groups is 1. The summed E-state index contributed by atoms with van der Waals surface area (Å²) in [6.45, 7) is 12.4. The van der Waals surface area contributed by atoms with Gasteiger partial charge in [-0.25, -0.2) is 0 Å². The number of aliphatic hydroxyl groups excluding tert-OH is 1. The summed E-state index contributed by atoms with van der Waals surface area (Å²) in [5.74, 6) is -0.0284. The topological polar surface area (TPSA) is 77.5 Å². The minimum Gasteiger partial charge on any atom is -0.466 e. The smallest absolute Gasteiger partial charge is 0.305 e. The van der Waals surface area contributed by atoms with Crippen LogP contribution in [0.3, 0.4) is 0 Å². The van der Waals surface area contributed by atoms with Gasteiger partial charge in [-0.1, -0.05) is 149 Å². The molecule has 53 heavy (non-hydrogen) atoms. The van der Waals surface area contributed by atoms with Gasteiger partial charge in [-0.3, -0.25) is 13.2 Å². The van der Waals surface area contributed by atoms with Crippen LogP contribution in [0.25, 0.3) is 0 Å². The molecule has 0 bridgehead atoms. The summed E-state index contributed by atoms with van der Waals surface area (Å²) in [7, 11) is -1.62. The van der Waals surface area contributed by atoms with Crippen molar-refractivity contribution in [2.75, 3.05) is 58.6 Å². The van der Waals surface area contributed by atoms with Crippen LogP contribution in [-0.2, 0) is 22.6 Å². The van der Waals surface area contributed by atoms with E-state index >= 15 is 0 Å². The van der Waals surface area contributed by atoms with Crippen LogP contribution in [0.1, 0.15) is 220 Å². The standard InChI is InChI=1S/C45H93NO6S/c1-6-9-12-15-17-18-19-23-32-41-49-44(48)35-26-25-29-38-46(39-30-31-40-47)37-28-21-24-34-43-51-53(4,5)52-45(36-27-20-14-11-8-3)50-42-33-22-16-13-10-7-2/h45,47H,6-43H2,1-5H3. The second-order valence-corrected chi connectivity index (χ2v) is 18.6. The third-order valence-electron chi connectivity index (χ3n) is 10.2. The highest BCUT2D eigenvalue weighted by molar-refractivity contribution is 8.24. The lowest BCUT2D eigenvalue weighted by Gasteiger charge is -2.38. The molecule has 0 heterocycles. The third kappa shape index (κ3) is 39.6. The molecule has 1 atom stereocenters. The Morgan fingerprint density at radius 1 is 0.528 bits per heavy atom. The van der Waals surface area contributed by atoms with E-state index in [4.69, 9.17) is 17.8 Å². The van der Waals surface area contributed by atoms with Crippen molar-refractivity contribution in [3.05, 3.63) is 0 Å². The second-order valence-electron chi connectivity index (χ2n) is 15.9. The molecule has 0 aliphatic heterocycles. The quantitative estimate of drug-likeness (QED) is 0.0375. The fourth-order valence-electron chi connectivity index (χ4n) is 6.74. The first-order chi connectivity index (χ1) is 25.9. The number of hydrogen-bond donors (Lipinski definition) is 1. The summed E-state index contributed by atoms with van der Waals surface area (Å²) < 4.78 is 24.6. The molecule has 0 fully saturated rings. The van der Waals surface area contributed by atoms with E-state index in [-0.39, 0.29) is 18.9 Å². The SMILES string of the molecule is CCCCCCCCCCCOC(=O)CCCCCN(CCCCO)CCCCCCOS(C)(C)OC(CCCCCCC)OCCCCCCCC. The van der Waals surface area contributed by atoms with Gasteiger partial charge in [0.15, 0.2) is 6.29 Å². The Morgan fingerprint density at radius 3 is 1.51 bits per heavy atom. The normalized spacial score (nSPS) is 12.9. The van der Waals surface area contributed by atoms with Crippen LogP contribution in [0.5, 0.6) is 0 Å². The minimum absolute atomic E-state index is 0.0284. The number of ether oxygens (including phenoxy) is 2. The van der Waals surface area contributed by atoms with Gasteiger partial charge in [-0.05, 0) is 77.4 Å². The van der Waals surface area contributed by atoms with E-state index in [0.29, 0.717) is 13.0 Å². The molecule has 0 aromatic rings. The summed E-state index contributed by atoms with van der Waals surface area (Å²) in [5.41, 5.74) is 0. The Morgan fingerprint density at radius 2 is 0.962 bits per heavy atom. The molecule has 0 amide bonds. The van der Waals surface area contributed by atoms with Gasteiger partial charge in [0.05, 0.1) is 13.2 Å². The molecular weight excluding hydrogens is 683 g/mol. The number of nitrogens with zero attached hydrogens (tertiary/aromatic N) is 1. The highest BCUT2D eigenvalue weighted by Crippen LogP contribution is 2.44. The van der Waals surface area contributed by atoms with E-state index in [2.05, 4.69) is 38.2 Å². The molecule has 0 radical (unpaired) electrons. The lowest BCUT2D eigenvalue weighted by atomic mass is 10.1. The van der Waals surface area contributed by atoms with Crippen LogP contribution in [0.15, 0.2) is 0 Å². The Bertz CT molecular complexity index is 742. The number of carbonyl (C=O) groups is 1. The summed E-state index contributed by atoms with van der Waals surface area (Å²) in [6, 6.07) is 0. The van der Waals surface area contributed by atoms with Crippen molar-refractivity contribution in [2.24, 2.45) is 0 Å². The van der Waals surface area contributed by atoms with E-state index in [1.807, 2.05) is 0 Å². The minimum atomic E-state index is -1.62. The summed E-state index contributed by atoms with van der Waals surface area (Å²) in [5, 5.41) is 9.29. The molecule has 0 aliphatic carbocycles. The molecule has 0 aromatic heterocycles. The van der Waals surface area contributed by atoms with E-state index < -0.39 is 10.6 Å². The first-order valence-corrected chi connectivity index (χ1v) is 25.3. The third-order valence-corrected chi connectivity index (χ3v) is 11.6. The van der Waals surface area contributed by atoms with Gasteiger partial charge in [0, 0.05) is 38.6 Å². The average molecular weight is 776 g/mol. The van der Waals surface area contributed by atoms with Crippen molar-refractivity contribution in [2.45, 2.75) is 226 Å². The number of carbonyl (C=O) groups excluding carboxylic acids is 1. The molecule has 0 saturated carbocycles. The monoisotopic (exact) mass is 776 g/mol. The fraction of sp³-hybridized carbons (Fsp3) is 0.978. The molecule has 320 valence electrons. The van der Waals surface area contributed by atoms with Crippen molar-refractivity contribution < 1.29 is 27.7 Å². The summed E-state index contributed by atoms with van der Waals surface area (Å²) in [6.07, 6.45) is 40.6. The Labute approximate surface area is 332 Å². The Kier molecular flexibility index (Phi) is 41.0. The lowest BCUT2D eigenvalue weighted by molar-refractivity contribution is -0.143. The van der Waals surface area contributed by atoms with Crippen molar-refractivity contribution in [1.82, 2.24) is 4.90 Å². The zero-order valence-electron chi connectivity index (χ0n) is 36.3. The van der Waals surface area contributed by atoms with Crippen LogP contribution in [0.2, 0.25) is 0 Å². The van der Waals surface area contributed by atoms with Gasteiger partial charge < -0.3 is 19.5 Å². The zero-order chi connectivity index (χ0) is 38.9. The van der Waals surface area contributed by atoms with Crippen molar-refractivity contribution in [3.63, 3.8) is 0 Å². The molecule has 0 aliphatic rings. The van der Waals surface area contributed by atoms with Crippen LogP contribution in [0.4, 0.5) is 0 Å². The Balaban J connectivity index is 4.21. The van der Waals surface area contributed by atoms with Gasteiger partial charge in [-0.2, -0.15) is 10.6 Å². The van der Waals surface area contributed by atoms with Gasteiger partial charge in [0.25, 0.3) is 0 Å². The molecule has 1 N–H and O–H groups in total. The van der Waals surface area contributed by atoms with Crippen LogP contribution in [0, 0.1) is 0 Å². The van der Waals surface area contributed by atoms with Crippen molar-refractivity contribution >= 4 is 16.6 Å². The maximum atomic E-state index is 12.2.